The average Bonchev–Trinajstić information content (AvgIpc) is 2.75. The molecule has 3 rings (SSSR count). The SMILES string of the molecule is Cc1nc2c(-c3ccccc3)cncn2c1C(=O)O. The number of imidazole rings is 1. The molecule has 1 aromatic carbocycles. The van der Waals surface area contributed by atoms with Crippen LogP contribution in [0.15, 0.2) is 42.9 Å². The highest BCUT2D eigenvalue weighted by Gasteiger charge is 2.17. The Kier molecular flexibility index (Phi) is 2.52. The van der Waals surface area contributed by atoms with E-state index in [-0.39, 0.29) is 5.69 Å². The van der Waals surface area contributed by atoms with E-state index < -0.39 is 5.97 Å². The van der Waals surface area contributed by atoms with Gasteiger partial charge in [-0.25, -0.2) is 14.8 Å². The third-order valence-corrected chi connectivity index (χ3v) is 3.00. The van der Waals surface area contributed by atoms with Gasteiger partial charge < -0.3 is 5.11 Å². The van der Waals surface area contributed by atoms with Gasteiger partial charge in [-0.2, -0.15) is 0 Å². The average molecular weight is 253 g/mol. The monoisotopic (exact) mass is 253 g/mol. The van der Waals surface area contributed by atoms with Crippen LogP contribution >= 0.6 is 0 Å². The van der Waals surface area contributed by atoms with Gasteiger partial charge in [0, 0.05) is 11.8 Å². The highest BCUT2D eigenvalue weighted by atomic mass is 16.4. The van der Waals surface area contributed by atoms with Gasteiger partial charge in [0.15, 0.2) is 5.69 Å². The first-order chi connectivity index (χ1) is 9.18. The summed E-state index contributed by atoms with van der Waals surface area (Å²) in [6.07, 6.45) is 3.17. The predicted molar refractivity (Wildman–Crippen MR) is 70.1 cm³/mol. The minimum absolute atomic E-state index is 0.153. The van der Waals surface area contributed by atoms with Crippen molar-refractivity contribution < 1.29 is 9.90 Å². The summed E-state index contributed by atoms with van der Waals surface area (Å²) in [6.45, 7) is 1.69. The summed E-state index contributed by atoms with van der Waals surface area (Å²) >= 11 is 0. The highest BCUT2D eigenvalue weighted by molar-refractivity contribution is 5.90. The maximum atomic E-state index is 11.3. The van der Waals surface area contributed by atoms with E-state index in [0.717, 1.165) is 11.1 Å². The number of fused-ring (bicyclic) bond motifs is 1. The van der Waals surface area contributed by atoms with Gasteiger partial charge in [-0.3, -0.25) is 4.40 Å². The summed E-state index contributed by atoms with van der Waals surface area (Å²) in [7, 11) is 0. The largest absolute Gasteiger partial charge is 0.477 e. The van der Waals surface area contributed by atoms with E-state index in [9.17, 15) is 9.90 Å². The Balaban J connectivity index is 2.34. The molecule has 2 aromatic heterocycles. The Labute approximate surface area is 109 Å². The minimum Gasteiger partial charge on any atom is -0.477 e. The lowest BCUT2D eigenvalue weighted by atomic mass is 10.1. The number of benzene rings is 1. The standard InChI is InChI=1S/C14H11N3O2/c1-9-12(14(18)19)17-8-15-7-11(13(17)16-9)10-5-3-2-4-6-10/h2-8H,1H3,(H,18,19). The molecule has 0 aliphatic heterocycles. The number of nitrogens with zero attached hydrogens (tertiary/aromatic N) is 3. The Morgan fingerprint density at radius 1 is 1.26 bits per heavy atom. The van der Waals surface area contributed by atoms with Crippen molar-refractivity contribution in [1.82, 2.24) is 14.4 Å². The Bertz CT molecular complexity index is 763. The van der Waals surface area contributed by atoms with Gasteiger partial charge in [0.2, 0.25) is 0 Å². The first kappa shape index (κ1) is 11.4. The number of carbonyl (C=O) groups is 1. The van der Waals surface area contributed by atoms with E-state index >= 15 is 0 Å². The van der Waals surface area contributed by atoms with Gasteiger partial charge in [-0.1, -0.05) is 30.3 Å². The lowest BCUT2D eigenvalue weighted by Crippen LogP contribution is -2.04. The molecule has 0 unspecified atom stereocenters. The fourth-order valence-electron chi connectivity index (χ4n) is 2.16. The number of aromatic nitrogens is 3. The van der Waals surface area contributed by atoms with Crippen molar-refractivity contribution in [2.24, 2.45) is 0 Å². The molecule has 0 atom stereocenters. The molecule has 1 N–H and O–H groups in total. The molecule has 19 heavy (non-hydrogen) atoms. The quantitative estimate of drug-likeness (QED) is 0.761. The minimum atomic E-state index is -1.00. The fourth-order valence-corrected chi connectivity index (χ4v) is 2.16. The van der Waals surface area contributed by atoms with E-state index in [1.807, 2.05) is 30.3 Å². The molecule has 0 fully saturated rings. The molecule has 2 heterocycles. The van der Waals surface area contributed by atoms with Gasteiger partial charge in [0.1, 0.15) is 12.0 Å². The van der Waals surface area contributed by atoms with Crippen molar-refractivity contribution in [1.29, 1.82) is 0 Å². The highest BCUT2D eigenvalue weighted by Crippen LogP contribution is 2.24. The van der Waals surface area contributed by atoms with E-state index in [0.29, 0.717) is 11.3 Å². The normalized spacial score (nSPS) is 10.8. The molecule has 0 saturated carbocycles. The van der Waals surface area contributed by atoms with Crippen molar-refractivity contribution >= 4 is 11.6 Å². The van der Waals surface area contributed by atoms with Crippen molar-refractivity contribution in [2.45, 2.75) is 6.92 Å². The number of hydrogen-bond acceptors (Lipinski definition) is 3. The van der Waals surface area contributed by atoms with Crippen molar-refractivity contribution in [3.05, 3.63) is 54.2 Å². The number of hydrogen-bond donors (Lipinski definition) is 1. The van der Waals surface area contributed by atoms with Crippen LogP contribution < -0.4 is 0 Å². The molecule has 0 amide bonds. The second kappa shape index (κ2) is 4.20. The Morgan fingerprint density at radius 3 is 2.68 bits per heavy atom. The summed E-state index contributed by atoms with van der Waals surface area (Å²) in [5.74, 6) is -1.00. The van der Waals surface area contributed by atoms with Crippen LogP contribution in [0.2, 0.25) is 0 Å². The molecular formula is C14H11N3O2. The van der Waals surface area contributed by atoms with Crippen LogP contribution in [0.25, 0.3) is 16.8 Å². The molecule has 0 radical (unpaired) electrons. The van der Waals surface area contributed by atoms with Crippen molar-refractivity contribution in [3.8, 4) is 11.1 Å². The molecule has 0 aliphatic rings. The molecule has 3 aromatic rings. The summed E-state index contributed by atoms with van der Waals surface area (Å²) < 4.78 is 1.51. The lowest BCUT2D eigenvalue weighted by Gasteiger charge is -2.03. The van der Waals surface area contributed by atoms with Crippen LogP contribution in [-0.2, 0) is 0 Å². The smallest absolute Gasteiger partial charge is 0.354 e. The molecule has 5 heteroatoms. The van der Waals surface area contributed by atoms with Crippen LogP contribution in [0, 0.1) is 6.92 Å². The molecule has 0 aliphatic carbocycles. The number of carboxylic acids is 1. The first-order valence-corrected chi connectivity index (χ1v) is 5.80. The third-order valence-electron chi connectivity index (χ3n) is 3.00. The number of aromatic carboxylic acids is 1. The van der Waals surface area contributed by atoms with Gasteiger partial charge in [-0.05, 0) is 12.5 Å². The maximum Gasteiger partial charge on any atom is 0.354 e. The molecule has 0 saturated heterocycles. The summed E-state index contributed by atoms with van der Waals surface area (Å²) in [5, 5.41) is 9.23. The van der Waals surface area contributed by atoms with Crippen LogP contribution in [0.4, 0.5) is 0 Å². The van der Waals surface area contributed by atoms with Crippen LogP contribution in [0.1, 0.15) is 16.2 Å². The summed E-state index contributed by atoms with van der Waals surface area (Å²) in [5.41, 5.74) is 3.02. The summed E-state index contributed by atoms with van der Waals surface area (Å²) in [4.78, 5) is 19.7. The van der Waals surface area contributed by atoms with Crippen molar-refractivity contribution in [3.63, 3.8) is 0 Å². The topological polar surface area (TPSA) is 67.5 Å². The van der Waals surface area contributed by atoms with E-state index in [1.54, 1.807) is 13.1 Å². The van der Waals surface area contributed by atoms with Crippen molar-refractivity contribution in [2.75, 3.05) is 0 Å². The van der Waals surface area contributed by atoms with Crippen LogP contribution in [0.5, 0.6) is 0 Å². The van der Waals surface area contributed by atoms with E-state index in [2.05, 4.69) is 9.97 Å². The molecular weight excluding hydrogens is 242 g/mol. The van der Waals surface area contributed by atoms with E-state index in [1.165, 1.54) is 10.7 Å². The zero-order valence-corrected chi connectivity index (χ0v) is 10.2. The van der Waals surface area contributed by atoms with Crippen LogP contribution in [-0.4, -0.2) is 25.4 Å². The van der Waals surface area contributed by atoms with Gasteiger partial charge >= 0.3 is 5.97 Å². The van der Waals surface area contributed by atoms with Gasteiger partial charge in [-0.15, -0.1) is 0 Å². The molecule has 0 bridgehead atoms. The summed E-state index contributed by atoms with van der Waals surface area (Å²) in [6, 6.07) is 9.67. The molecule has 0 spiro atoms. The number of aryl methyl sites for hydroxylation is 1. The predicted octanol–water partition coefficient (Wildman–Crippen LogP) is 2.40. The van der Waals surface area contributed by atoms with Gasteiger partial charge in [0.05, 0.1) is 5.69 Å². The maximum absolute atomic E-state index is 11.3. The second-order valence-corrected chi connectivity index (χ2v) is 4.22. The zero-order chi connectivity index (χ0) is 13.4. The Hall–Kier alpha value is -2.69. The van der Waals surface area contributed by atoms with E-state index in [4.69, 9.17) is 0 Å². The zero-order valence-electron chi connectivity index (χ0n) is 10.2. The second-order valence-electron chi connectivity index (χ2n) is 4.22. The van der Waals surface area contributed by atoms with Gasteiger partial charge in [0.25, 0.3) is 0 Å². The number of rotatable bonds is 2. The molecule has 94 valence electrons. The number of carboxylic acid groups (broad SMARTS) is 1. The molecule has 5 nitrogen and oxygen atoms in total. The first-order valence-electron chi connectivity index (χ1n) is 5.80. The fraction of sp³-hybridized carbons (Fsp3) is 0.0714. The lowest BCUT2D eigenvalue weighted by molar-refractivity contribution is 0.0688. The Morgan fingerprint density at radius 2 is 2.00 bits per heavy atom. The van der Waals surface area contributed by atoms with Crippen LogP contribution in [0.3, 0.4) is 0 Å². The third kappa shape index (κ3) is 1.76.